The van der Waals surface area contributed by atoms with Gasteiger partial charge < -0.3 is 0 Å². The smallest absolute Gasteiger partial charge is 0.0623 e. The average Bonchev–Trinajstić information content (AvgIpc) is 2.09. The molecule has 0 aromatic heterocycles. The predicted molar refractivity (Wildman–Crippen MR) is 44.2 cm³/mol. The second kappa shape index (κ2) is 4.36. The van der Waals surface area contributed by atoms with Crippen LogP contribution in [0.4, 0.5) is 0 Å². The van der Waals surface area contributed by atoms with Gasteiger partial charge in [-0.05, 0) is 17.5 Å². The highest BCUT2D eigenvalue weighted by molar-refractivity contribution is 5.14. The van der Waals surface area contributed by atoms with E-state index in [0.29, 0.717) is 12.6 Å². The molecule has 0 aliphatic rings. The lowest BCUT2D eigenvalue weighted by atomic mass is 10.2. The monoisotopic (exact) mass is 148 g/mol. The van der Waals surface area contributed by atoms with Crippen LogP contribution in [0, 0.1) is 0 Å². The average molecular weight is 148 g/mol. The Morgan fingerprint density at radius 1 is 1.55 bits per heavy atom. The minimum atomic E-state index is 0.480. The van der Waals surface area contributed by atoms with E-state index in [2.05, 4.69) is 10.0 Å². The maximum absolute atomic E-state index is 8.02. The van der Waals surface area contributed by atoms with Crippen molar-refractivity contribution in [3.63, 3.8) is 0 Å². The van der Waals surface area contributed by atoms with Crippen molar-refractivity contribution in [3.8, 4) is 0 Å². The van der Waals surface area contributed by atoms with Gasteiger partial charge in [-0.2, -0.15) is 0 Å². The Hall–Kier alpha value is -1.47. The zero-order valence-corrected chi connectivity index (χ0v) is 6.07. The molecule has 0 bridgehead atoms. The summed E-state index contributed by atoms with van der Waals surface area (Å²) < 4.78 is 7.22. The van der Waals surface area contributed by atoms with E-state index in [-0.39, 0.29) is 0 Å². The number of hydrogen-bond acceptors (Lipinski definition) is 1. The van der Waals surface area contributed by atoms with Crippen molar-refractivity contribution < 1.29 is 1.37 Å². The van der Waals surface area contributed by atoms with Crippen LogP contribution in [0.25, 0.3) is 10.4 Å². The van der Waals surface area contributed by atoms with Crippen LogP contribution in [0.2, 0.25) is 0 Å². The fraction of sp³-hybridized carbons (Fsp3) is 0.250. The molecule has 0 aliphatic heterocycles. The van der Waals surface area contributed by atoms with Gasteiger partial charge in [-0.3, -0.25) is 0 Å². The minimum absolute atomic E-state index is 0.480. The van der Waals surface area contributed by atoms with E-state index in [0.717, 1.165) is 12.0 Å². The molecule has 0 spiro atoms. The molecule has 0 heterocycles. The van der Waals surface area contributed by atoms with E-state index in [4.69, 9.17) is 6.90 Å². The van der Waals surface area contributed by atoms with Crippen LogP contribution in [-0.2, 0) is 6.42 Å². The third-order valence-corrected chi connectivity index (χ3v) is 1.35. The standard InChI is InChI=1S/C8H9N3/c9-11-10-7-6-8-4-2-1-3-5-8/h1-5H,6-7H2/i1D. The Labute approximate surface area is 66.7 Å². The molecule has 0 saturated carbocycles. The van der Waals surface area contributed by atoms with E-state index in [9.17, 15) is 0 Å². The Balaban J connectivity index is 2.53. The molecule has 0 unspecified atom stereocenters. The maximum Gasteiger partial charge on any atom is 0.0623 e. The molecule has 1 aromatic carbocycles. The lowest BCUT2D eigenvalue weighted by Crippen LogP contribution is -1.86. The van der Waals surface area contributed by atoms with Gasteiger partial charge in [0.1, 0.15) is 0 Å². The lowest BCUT2D eigenvalue weighted by molar-refractivity contribution is 0.956. The quantitative estimate of drug-likeness (QED) is 0.359. The molecule has 3 nitrogen and oxygen atoms in total. The van der Waals surface area contributed by atoms with Gasteiger partial charge in [0.2, 0.25) is 0 Å². The molecule has 0 radical (unpaired) electrons. The highest BCUT2D eigenvalue weighted by Crippen LogP contribution is 1.98. The molecular formula is C8H9N3. The first kappa shape index (κ1) is 6.25. The fourth-order valence-corrected chi connectivity index (χ4v) is 0.812. The van der Waals surface area contributed by atoms with Crippen LogP contribution in [0.15, 0.2) is 35.4 Å². The molecule has 0 amide bonds. The van der Waals surface area contributed by atoms with Gasteiger partial charge in [0.05, 0.1) is 1.37 Å². The van der Waals surface area contributed by atoms with Crippen LogP contribution < -0.4 is 0 Å². The number of hydrogen-bond donors (Lipinski definition) is 0. The Morgan fingerprint density at radius 3 is 2.91 bits per heavy atom. The summed E-state index contributed by atoms with van der Waals surface area (Å²) in [6, 6.07) is 7.70. The molecule has 1 rings (SSSR count). The van der Waals surface area contributed by atoms with Gasteiger partial charge in [0, 0.05) is 11.5 Å². The normalized spacial score (nSPS) is 10.0. The molecular weight excluding hydrogens is 138 g/mol. The van der Waals surface area contributed by atoms with Gasteiger partial charge in [-0.25, -0.2) is 0 Å². The largest absolute Gasteiger partial charge is 0.0936 e. The molecule has 3 heteroatoms. The molecule has 56 valence electrons. The molecule has 0 atom stereocenters. The number of rotatable bonds is 3. The summed E-state index contributed by atoms with van der Waals surface area (Å²) in [4.78, 5) is 2.66. The second-order valence-electron chi connectivity index (χ2n) is 2.11. The topological polar surface area (TPSA) is 48.8 Å². The highest BCUT2D eigenvalue weighted by Gasteiger charge is 1.87. The second-order valence-corrected chi connectivity index (χ2v) is 2.11. The van der Waals surface area contributed by atoms with Crippen molar-refractivity contribution in [3.05, 3.63) is 46.3 Å². The molecule has 11 heavy (non-hydrogen) atoms. The summed E-state index contributed by atoms with van der Waals surface area (Å²) in [5, 5.41) is 3.42. The zero-order chi connectivity index (χ0) is 8.81. The number of azide groups is 1. The summed E-state index contributed by atoms with van der Waals surface area (Å²) >= 11 is 0. The first-order chi connectivity index (χ1) is 5.83. The lowest BCUT2D eigenvalue weighted by Gasteiger charge is -1.93. The molecule has 0 saturated heterocycles. The van der Waals surface area contributed by atoms with Crippen LogP contribution >= 0.6 is 0 Å². The SMILES string of the molecule is [2H]c1ccc(CCN=[N+]=[N-])cc1. The van der Waals surface area contributed by atoms with Crippen LogP contribution in [-0.4, -0.2) is 6.54 Å². The first-order valence-electron chi connectivity index (χ1n) is 3.89. The molecule has 1 aromatic rings. The minimum Gasteiger partial charge on any atom is -0.0936 e. The third kappa shape index (κ3) is 2.74. The van der Waals surface area contributed by atoms with E-state index in [1.165, 1.54) is 0 Å². The van der Waals surface area contributed by atoms with Crippen molar-refractivity contribution >= 4 is 0 Å². The van der Waals surface area contributed by atoms with Gasteiger partial charge in [0.15, 0.2) is 0 Å². The molecule has 0 aliphatic carbocycles. The van der Waals surface area contributed by atoms with E-state index >= 15 is 0 Å². The Morgan fingerprint density at radius 2 is 2.27 bits per heavy atom. The summed E-state index contributed by atoms with van der Waals surface area (Å²) in [5.74, 6) is 0. The van der Waals surface area contributed by atoms with Crippen molar-refractivity contribution in [1.29, 1.82) is 0 Å². The first-order valence-corrected chi connectivity index (χ1v) is 3.39. The fourth-order valence-electron chi connectivity index (χ4n) is 0.812. The van der Waals surface area contributed by atoms with E-state index in [1.807, 2.05) is 12.1 Å². The predicted octanol–water partition coefficient (Wildman–Crippen LogP) is 2.54. The van der Waals surface area contributed by atoms with E-state index < -0.39 is 0 Å². The molecule has 0 fully saturated rings. The zero-order valence-electron chi connectivity index (χ0n) is 7.07. The Kier molecular flexibility index (Phi) is 2.48. The van der Waals surface area contributed by atoms with Crippen molar-refractivity contribution in [1.82, 2.24) is 0 Å². The van der Waals surface area contributed by atoms with E-state index in [1.54, 1.807) is 12.1 Å². The van der Waals surface area contributed by atoms with Gasteiger partial charge in [-0.15, -0.1) is 0 Å². The number of nitrogens with zero attached hydrogens (tertiary/aromatic N) is 3. The third-order valence-electron chi connectivity index (χ3n) is 1.35. The Bertz CT molecular complexity index is 288. The van der Waals surface area contributed by atoms with Gasteiger partial charge in [-0.1, -0.05) is 35.4 Å². The van der Waals surface area contributed by atoms with Gasteiger partial charge >= 0.3 is 0 Å². The summed E-state index contributed by atoms with van der Waals surface area (Å²) in [5.41, 5.74) is 9.11. The maximum atomic E-state index is 8.02. The highest BCUT2D eigenvalue weighted by atomic mass is 15.1. The van der Waals surface area contributed by atoms with Crippen molar-refractivity contribution in [2.45, 2.75) is 6.42 Å². The van der Waals surface area contributed by atoms with Crippen LogP contribution in [0.1, 0.15) is 6.93 Å². The molecule has 0 N–H and O–H groups in total. The summed E-state index contributed by atoms with van der Waals surface area (Å²) in [7, 11) is 0. The summed E-state index contributed by atoms with van der Waals surface area (Å²) in [6.45, 7) is 0.480. The van der Waals surface area contributed by atoms with Crippen molar-refractivity contribution in [2.24, 2.45) is 5.11 Å². The van der Waals surface area contributed by atoms with Crippen LogP contribution in [0.5, 0.6) is 0 Å². The number of benzene rings is 1. The summed E-state index contributed by atoms with van der Waals surface area (Å²) in [6.07, 6.45) is 0.740. The van der Waals surface area contributed by atoms with Crippen molar-refractivity contribution in [2.75, 3.05) is 6.54 Å². The van der Waals surface area contributed by atoms with Crippen LogP contribution in [0.3, 0.4) is 0 Å². The van der Waals surface area contributed by atoms with Gasteiger partial charge in [0.25, 0.3) is 0 Å².